The van der Waals surface area contributed by atoms with Crippen LogP contribution in [0.3, 0.4) is 0 Å². The van der Waals surface area contributed by atoms with Crippen LogP contribution in [0.4, 0.5) is 45.5 Å². The zero-order valence-electron chi connectivity index (χ0n) is 32.7. The summed E-state index contributed by atoms with van der Waals surface area (Å²) in [6.07, 6.45) is 0. The van der Waals surface area contributed by atoms with Crippen molar-refractivity contribution in [3.63, 3.8) is 0 Å². The molecule has 0 fully saturated rings. The fraction of sp³-hybridized carbons (Fsp3) is 0. The van der Waals surface area contributed by atoms with Crippen LogP contribution in [0.1, 0.15) is 0 Å². The van der Waals surface area contributed by atoms with E-state index in [1.807, 2.05) is 194 Å². The third-order valence-corrected chi connectivity index (χ3v) is 37.6. The fourth-order valence-electron chi connectivity index (χ4n) is 5.69. The Labute approximate surface area is 393 Å². The van der Waals surface area contributed by atoms with E-state index in [1.165, 1.54) is 0 Å². The Balaban J connectivity index is 0.000000186. The summed E-state index contributed by atoms with van der Waals surface area (Å²) in [6, 6.07) is 71.2. The van der Waals surface area contributed by atoms with Gasteiger partial charge in [-0.05, 0) is 0 Å². The molecule has 0 aliphatic heterocycles. The van der Waals surface area contributed by atoms with Gasteiger partial charge in [0.05, 0.1) is 0 Å². The Morgan fingerprint density at radius 3 is 0.597 bits per heavy atom. The molecule has 0 spiro atoms. The van der Waals surface area contributed by atoms with Crippen molar-refractivity contribution >= 4 is 138 Å². The molecular weight excluding hydrogens is 1260 g/mol. The van der Waals surface area contributed by atoms with E-state index in [1.54, 1.807) is 0 Å². The standard InChI is InChI=1S/2C24H18Br2N4Te/c2*25-31(26,23-17-9-7-15-21(23)29-27-19-11-3-1-4-12-19)24-18-10-8-16-22(24)30-28-20-13-5-2-6-14-20/h2*1-18H. The van der Waals surface area contributed by atoms with Gasteiger partial charge in [-0.1, -0.05) is 0 Å². The first kappa shape index (κ1) is 45.7. The molecule has 0 radical (unpaired) electrons. The number of halogens is 4. The monoisotopic (exact) mass is 1300 g/mol. The quantitative estimate of drug-likeness (QED) is 0.0860. The van der Waals surface area contributed by atoms with Crippen molar-refractivity contribution in [1.29, 1.82) is 0 Å². The molecule has 8 nitrogen and oxygen atoms in total. The molecule has 0 bridgehead atoms. The van der Waals surface area contributed by atoms with Crippen molar-refractivity contribution in [2.75, 3.05) is 0 Å². The summed E-state index contributed by atoms with van der Waals surface area (Å²) in [6.45, 7) is 0. The first-order valence-corrected chi connectivity index (χ1v) is 44.5. The molecule has 8 aromatic rings. The van der Waals surface area contributed by atoms with Crippen LogP contribution >= 0.6 is 51.0 Å². The summed E-state index contributed by atoms with van der Waals surface area (Å²) < 4.78 is 4.42. The number of hydrogen-bond acceptors (Lipinski definition) is 8. The molecule has 8 rings (SSSR count). The van der Waals surface area contributed by atoms with E-state index < -0.39 is 27.5 Å². The van der Waals surface area contributed by atoms with Gasteiger partial charge in [-0.3, -0.25) is 0 Å². The molecule has 0 atom stereocenters. The van der Waals surface area contributed by atoms with Crippen molar-refractivity contribution in [3.8, 4) is 0 Å². The van der Waals surface area contributed by atoms with Gasteiger partial charge in [0, 0.05) is 0 Å². The Morgan fingerprint density at radius 1 is 0.210 bits per heavy atom. The molecule has 308 valence electrons. The molecule has 0 heterocycles. The van der Waals surface area contributed by atoms with Crippen LogP contribution in [0.5, 0.6) is 0 Å². The summed E-state index contributed by atoms with van der Waals surface area (Å²) in [7, 11) is 0. The van der Waals surface area contributed by atoms with E-state index >= 15 is 0 Å². The Kier molecular flexibility index (Phi) is 16.8. The zero-order chi connectivity index (χ0) is 43.0. The predicted octanol–water partition coefficient (Wildman–Crippen LogP) is 15.7. The van der Waals surface area contributed by atoms with Crippen LogP contribution in [0, 0.1) is 0 Å². The minimum atomic E-state index is -3.16. The molecule has 0 saturated carbocycles. The van der Waals surface area contributed by atoms with Gasteiger partial charge in [0.25, 0.3) is 0 Å². The van der Waals surface area contributed by atoms with Crippen molar-refractivity contribution < 1.29 is 0 Å². The van der Waals surface area contributed by atoms with E-state index in [-0.39, 0.29) is 0 Å². The average molecular weight is 1300 g/mol. The molecular formula is C48H36Br4N8Te2. The normalized spacial score (nSPS) is 12.5. The van der Waals surface area contributed by atoms with Crippen LogP contribution < -0.4 is 14.4 Å². The van der Waals surface area contributed by atoms with E-state index in [0.717, 1.165) is 59.9 Å². The van der Waals surface area contributed by atoms with Crippen LogP contribution in [-0.4, -0.2) is 27.5 Å². The molecule has 0 unspecified atom stereocenters. The summed E-state index contributed by atoms with van der Waals surface area (Å²) in [5.74, 6) is 0. The fourth-order valence-corrected chi connectivity index (χ4v) is 28.8. The van der Waals surface area contributed by atoms with Gasteiger partial charge < -0.3 is 0 Å². The summed E-state index contributed by atoms with van der Waals surface area (Å²) in [5.41, 5.74) is 6.59. The Morgan fingerprint density at radius 2 is 0.387 bits per heavy atom. The van der Waals surface area contributed by atoms with E-state index in [4.69, 9.17) is 0 Å². The Bertz CT molecular complexity index is 2430. The third-order valence-electron chi connectivity index (χ3n) is 8.68. The molecule has 8 aromatic carbocycles. The molecule has 0 aliphatic carbocycles. The van der Waals surface area contributed by atoms with Crippen molar-refractivity contribution in [2.45, 2.75) is 0 Å². The predicted molar refractivity (Wildman–Crippen MR) is 274 cm³/mol. The van der Waals surface area contributed by atoms with Gasteiger partial charge in [0.1, 0.15) is 0 Å². The average Bonchev–Trinajstić information content (AvgIpc) is 3.33. The third kappa shape index (κ3) is 12.4. The molecule has 0 amide bonds. The number of benzene rings is 8. The summed E-state index contributed by atoms with van der Waals surface area (Å²) >= 11 is 9.91. The van der Waals surface area contributed by atoms with E-state index in [0.29, 0.717) is 0 Å². The molecule has 62 heavy (non-hydrogen) atoms. The van der Waals surface area contributed by atoms with Crippen LogP contribution in [0.25, 0.3) is 0 Å². The second-order valence-electron chi connectivity index (χ2n) is 13.0. The molecule has 14 heteroatoms. The minimum absolute atomic E-state index is 0.817. The zero-order valence-corrected chi connectivity index (χ0v) is 43.7. The molecule has 0 N–H and O–H groups in total. The van der Waals surface area contributed by atoms with Gasteiger partial charge in [-0.25, -0.2) is 0 Å². The Hall–Kier alpha value is -4.34. The van der Waals surface area contributed by atoms with E-state index in [9.17, 15) is 0 Å². The van der Waals surface area contributed by atoms with Crippen molar-refractivity contribution in [2.24, 2.45) is 40.9 Å². The van der Waals surface area contributed by atoms with Crippen molar-refractivity contribution in [3.05, 3.63) is 218 Å². The topological polar surface area (TPSA) is 98.9 Å². The van der Waals surface area contributed by atoms with Gasteiger partial charge in [-0.15, -0.1) is 0 Å². The SMILES string of the molecule is Br[Te](Br)(c1ccccc1N=Nc1ccccc1)c1ccccc1N=Nc1ccccc1.Br[Te](Br)(c1ccccc1N=Nc1ccccc1)c1ccccc1N=Nc1ccccc1. The molecule has 0 aromatic heterocycles. The van der Waals surface area contributed by atoms with Gasteiger partial charge >= 0.3 is 398 Å². The number of rotatable bonds is 12. The van der Waals surface area contributed by atoms with E-state index in [2.05, 4.69) is 116 Å². The summed E-state index contributed by atoms with van der Waals surface area (Å²) in [5, 5.41) is 35.9. The van der Waals surface area contributed by atoms with Crippen LogP contribution in [-0.2, 0) is 0 Å². The van der Waals surface area contributed by atoms with Crippen molar-refractivity contribution in [1.82, 2.24) is 0 Å². The number of azo groups is 4. The van der Waals surface area contributed by atoms with Crippen LogP contribution in [0.2, 0.25) is 0 Å². The van der Waals surface area contributed by atoms with Gasteiger partial charge in [0.15, 0.2) is 0 Å². The summed E-state index contributed by atoms with van der Waals surface area (Å²) in [4.78, 5) is 0. The molecule has 0 aliphatic rings. The second kappa shape index (κ2) is 22.8. The second-order valence-corrected chi connectivity index (χ2v) is 61.0. The van der Waals surface area contributed by atoms with Gasteiger partial charge in [-0.2, -0.15) is 0 Å². The number of nitrogens with zero attached hydrogens (tertiary/aromatic N) is 8. The van der Waals surface area contributed by atoms with Crippen LogP contribution in [0.15, 0.2) is 259 Å². The first-order valence-electron chi connectivity index (χ1n) is 19.0. The molecule has 0 saturated heterocycles. The van der Waals surface area contributed by atoms with Gasteiger partial charge in [0.2, 0.25) is 0 Å². The maximum atomic E-state index is 4.55. The number of hydrogen-bond donors (Lipinski definition) is 0. The maximum absolute atomic E-state index is 4.55. The first-order chi connectivity index (χ1) is 30.3.